The zero-order chi connectivity index (χ0) is 25.4. The lowest BCUT2D eigenvalue weighted by Crippen LogP contribution is -2.20. The summed E-state index contributed by atoms with van der Waals surface area (Å²) in [6.45, 7) is 3.94. The maximum absolute atomic E-state index is 12.6. The quantitative estimate of drug-likeness (QED) is 0.237. The van der Waals surface area contributed by atoms with Crippen LogP contribution in [0.4, 0.5) is 11.4 Å². The van der Waals surface area contributed by atoms with Gasteiger partial charge in [0.2, 0.25) is 0 Å². The Balaban J connectivity index is 1.83. The van der Waals surface area contributed by atoms with Gasteiger partial charge in [0.1, 0.15) is 11.5 Å². The van der Waals surface area contributed by atoms with E-state index in [0.717, 1.165) is 33.7 Å². The number of aryl methyl sites for hydroxylation is 1. The number of carboxylic acid groups (broad SMARTS) is 1. The van der Waals surface area contributed by atoms with E-state index in [2.05, 4.69) is 5.32 Å². The van der Waals surface area contributed by atoms with Crippen molar-refractivity contribution in [2.45, 2.75) is 32.7 Å². The van der Waals surface area contributed by atoms with Gasteiger partial charge in [-0.15, -0.1) is 0 Å². The Labute approximate surface area is 215 Å². The number of anilines is 2. The lowest BCUT2D eigenvalue weighted by molar-refractivity contribution is 0.0696. The molecule has 0 fully saturated rings. The molecular weight excluding hydrogens is 472 g/mol. The molecule has 1 aliphatic rings. The minimum Gasteiger partial charge on any atom is -0.478 e. The van der Waals surface area contributed by atoms with Gasteiger partial charge in [-0.05, 0) is 59.9 Å². The van der Waals surface area contributed by atoms with Gasteiger partial charge < -0.3 is 20.9 Å². The first-order chi connectivity index (χ1) is 17.4. The highest BCUT2D eigenvalue weighted by atomic mass is 35.5. The molecule has 1 heterocycles. The van der Waals surface area contributed by atoms with Crippen LogP contribution in [0.1, 0.15) is 52.5 Å². The van der Waals surface area contributed by atoms with Crippen LogP contribution in [0.15, 0.2) is 72.8 Å². The maximum Gasteiger partial charge on any atom is 0.336 e. The van der Waals surface area contributed by atoms with Gasteiger partial charge in [0, 0.05) is 22.4 Å². The Bertz CT molecular complexity index is 1480. The van der Waals surface area contributed by atoms with Crippen molar-refractivity contribution >= 4 is 28.9 Å². The Hall–Kier alpha value is -3.96. The van der Waals surface area contributed by atoms with Gasteiger partial charge in [-0.1, -0.05) is 67.9 Å². The number of ether oxygens (including phenoxy) is 1. The Morgan fingerprint density at radius 3 is 2.44 bits per heavy atom. The van der Waals surface area contributed by atoms with Gasteiger partial charge in [-0.2, -0.15) is 0 Å². The molecular formula is C30H27ClN2O3. The number of para-hydroxylation sites is 2. The minimum absolute atomic E-state index is 0.285. The molecule has 6 heteroatoms. The summed E-state index contributed by atoms with van der Waals surface area (Å²) in [5, 5.41) is 14.6. The van der Waals surface area contributed by atoms with E-state index in [4.69, 9.17) is 22.1 Å². The van der Waals surface area contributed by atoms with Crippen LogP contribution in [0, 0.1) is 0 Å². The van der Waals surface area contributed by atoms with Crippen LogP contribution in [0.5, 0.6) is 11.5 Å². The van der Waals surface area contributed by atoms with Crippen LogP contribution in [0.3, 0.4) is 0 Å². The molecule has 0 amide bonds. The Morgan fingerprint density at radius 1 is 1.00 bits per heavy atom. The van der Waals surface area contributed by atoms with Gasteiger partial charge in [-0.3, -0.25) is 0 Å². The second-order valence-electron chi connectivity index (χ2n) is 8.78. The molecule has 1 unspecified atom stereocenters. The fourth-order valence-electron chi connectivity index (χ4n) is 5.12. The molecule has 4 aromatic rings. The second-order valence-corrected chi connectivity index (χ2v) is 9.19. The SMILES string of the molecule is CCc1cc(N)c(CC)c(-c2cccc3c2C(Nc2ccccc2Cl)c2ccccc2O3)c1C(=O)O. The van der Waals surface area contributed by atoms with Gasteiger partial charge >= 0.3 is 5.97 Å². The summed E-state index contributed by atoms with van der Waals surface area (Å²) >= 11 is 6.54. The van der Waals surface area contributed by atoms with Crippen molar-refractivity contribution in [3.05, 3.63) is 106 Å². The van der Waals surface area contributed by atoms with Crippen molar-refractivity contribution in [1.82, 2.24) is 0 Å². The molecule has 0 aliphatic carbocycles. The monoisotopic (exact) mass is 498 g/mol. The first-order valence-corrected chi connectivity index (χ1v) is 12.4. The third-order valence-corrected chi connectivity index (χ3v) is 7.08. The number of hydrogen-bond acceptors (Lipinski definition) is 4. The molecule has 1 aliphatic heterocycles. The molecule has 0 bridgehead atoms. The molecule has 36 heavy (non-hydrogen) atoms. The molecule has 5 rings (SSSR count). The van der Waals surface area contributed by atoms with E-state index in [-0.39, 0.29) is 11.6 Å². The van der Waals surface area contributed by atoms with Crippen LogP contribution in [-0.4, -0.2) is 11.1 Å². The predicted octanol–water partition coefficient (Wildman–Crippen LogP) is 7.72. The summed E-state index contributed by atoms with van der Waals surface area (Å²) < 4.78 is 6.35. The maximum atomic E-state index is 12.6. The van der Waals surface area contributed by atoms with Crippen molar-refractivity contribution < 1.29 is 14.6 Å². The van der Waals surface area contributed by atoms with Gasteiger partial charge in [0.05, 0.1) is 22.3 Å². The van der Waals surface area contributed by atoms with Gasteiger partial charge in [0.15, 0.2) is 0 Å². The molecule has 0 saturated carbocycles. The lowest BCUT2D eigenvalue weighted by Gasteiger charge is -2.32. The predicted molar refractivity (Wildman–Crippen MR) is 145 cm³/mol. The zero-order valence-corrected chi connectivity index (χ0v) is 20.9. The van der Waals surface area contributed by atoms with Gasteiger partial charge in [-0.25, -0.2) is 4.79 Å². The minimum atomic E-state index is -0.970. The van der Waals surface area contributed by atoms with E-state index in [0.29, 0.717) is 40.4 Å². The van der Waals surface area contributed by atoms with E-state index < -0.39 is 5.97 Å². The molecule has 1 atom stereocenters. The van der Waals surface area contributed by atoms with E-state index in [1.807, 2.05) is 80.6 Å². The molecule has 0 aromatic heterocycles. The standard InChI is InChI=1S/C30H27ClN2O3/c1-3-17-16-22(32)18(4-2)27(26(17)30(34)35)20-11-9-15-25-28(20)29(19-10-5-8-14-24(19)36-25)33-23-13-7-6-12-21(23)31/h5-16,29,33H,3-4,32H2,1-2H3,(H,34,35). The lowest BCUT2D eigenvalue weighted by atomic mass is 9.82. The molecule has 0 saturated heterocycles. The fourth-order valence-corrected chi connectivity index (χ4v) is 5.31. The average molecular weight is 499 g/mol. The third-order valence-electron chi connectivity index (χ3n) is 6.75. The first kappa shape index (κ1) is 23.8. The highest BCUT2D eigenvalue weighted by Crippen LogP contribution is 2.50. The largest absolute Gasteiger partial charge is 0.478 e. The van der Waals surface area contributed by atoms with Crippen molar-refractivity contribution in [3.8, 4) is 22.6 Å². The molecule has 0 spiro atoms. The van der Waals surface area contributed by atoms with E-state index in [9.17, 15) is 9.90 Å². The summed E-state index contributed by atoms with van der Waals surface area (Å²) in [6, 6.07) is 22.7. The number of fused-ring (bicyclic) bond motifs is 2. The van der Waals surface area contributed by atoms with Crippen molar-refractivity contribution in [2.24, 2.45) is 0 Å². The summed E-state index contributed by atoms with van der Waals surface area (Å²) in [7, 11) is 0. The highest BCUT2D eigenvalue weighted by molar-refractivity contribution is 6.33. The van der Waals surface area contributed by atoms with E-state index >= 15 is 0 Å². The zero-order valence-electron chi connectivity index (χ0n) is 20.1. The molecule has 5 nitrogen and oxygen atoms in total. The van der Waals surface area contributed by atoms with E-state index in [1.54, 1.807) is 6.07 Å². The molecule has 182 valence electrons. The number of rotatable bonds is 6. The van der Waals surface area contributed by atoms with Gasteiger partial charge in [0.25, 0.3) is 0 Å². The second kappa shape index (κ2) is 9.59. The van der Waals surface area contributed by atoms with Crippen molar-refractivity contribution in [2.75, 3.05) is 11.1 Å². The molecule has 4 N–H and O–H groups in total. The summed E-state index contributed by atoms with van der Waals surface area (Å²) in [6.07, 6.45) is 1.15. The summed E-state index contributed by atoms with van der Waals surface area (Å²) in [5.74, 6) is 0.430. The number of halogens is 1. The number of carbonyl (C=O) groups is 1. The fraction of sp³-hybridized carbons (Fsp3) is 0.167. The highest BCUT2D eigenvalue weighted by Gasteiger charge is 2.33. The average Bonchev–Trinajstić information content (AvgIpc) is 2.88. The Kier molecular flexibility index (Phi) is 6.33. The van der Waals surface area contributed by atoms with Crippen LogP contribution >= 0.6 is 11.6 Å². The number of aromatic carboxylic acids is 1. The first-order valence-electron chi connectivity index (χ1n) is 12.0. The normalized spacial score (nSPS) is 13.9. The van der Waals surface area contributed by atoms with Crippen LogP contribution in [-0.2, 0) is 12.8 Å². The summed E-state index contributed by atoms with van der Waals surface area (Å²) in [5.41, 5.74) is 12.9. The summed E-state index contributed by atoms with van der Waals surface area (Å²) in [4.78, 5) is 12.6. The third kappa shape index (κ3) is 3.95. The Morgan fingerprint density at radius 2 is 1.72 bits per heavy atom. The number of nitrogens with one attached hydrogen (secondary N) is 1. The van der Waals surface area contributed by atoms with E-state index in [1.165, 1.54) is 0 Å². The molecule has 0 radical (unpaired) electrons. The number of hydrogen-bond donors (Lipinski definition) is 3. The van der Waals surface area contributed by atoms with Crippen LogP contribution in [0.25, 0.3) is 11.1 Å². The number of benzene rings is 4. The van der Waals surface area contributed by atoms with Crippen molar-refractivity contribution in [1.29, 1.82) is 0 Å². The number of nitrogen functional groups attached to an aromatic ring is 1. The number of nitrogens with two attached hydrogens (primary N) is 1. The van der Waals surface area contributed by atoms with Crippen LogP contribution in [0.2, 0.25) is 5.02 Å². The smallest absolute Gasteiger partial charge is 0.336 e. The molecule has 4 aromatic carbocycles. The topological polar surface area (TPSA) is 84.6 Å². The number of carboxylic acids is 1. The van der Waals surface area contributed by atoms with Crippen molar-refractivity contribution in [3.63, 3.8) is 0 Å². The van der Waals surface area contributed by atoms with Crippen LogP contribution < -0.4 is 15.8 Å².